The van der Waals surface area contributed by atoms with Crippen LogP contribution in [0.15, 0.2) is 11.5 Å². The van der Waals surface area contributed by atoms with E-state index in [1.807, 2.05) is 11.6 Å². The van der Waals surface area contributed by atoms with E-state index in [0.29, 0.717) is 17.2 Å². The molecule has 2 N–H and O–H groups in total. The molecule has 1 aliphatic rings. The fourth-order valence-corrected chi connectivity index (χ4v) is 3.09. The summed E-state index contributed by atoms with van der Waals surface area (Å²) in [6, 6.07) is 0.362. The zero-order valence-electron chi connectivity index (χ0n) is 8.55. The van der Waals surface area contributed by atoms with E-state index in [-0.39, 0.29) is 0 Å². The molecule has 2 rings (SSSR count). The van der Waals surface area contributed by atoms with Crippen LogP contribution in [0.4, 0.5) is 0 Å². The number of hydrogen-bond donors (Lipinski definition) is 1. The second kappa shape index (κ2) is 3.90. The lowest BCUT2D eigenvalue weighted by Crippen LogP contribution is -2.26. The molecular formula is C9H16N4S. The lowest BCUT2D eigenvalue weighted by molar-refractivity contribution is 0.534. The number of thioether (sulfide) groups is 1. The minimum atomic E-state index is 0.362. The third kappa shape index (κ3) is 1.79. The van der Waals surface area contributed by atoms with Crippen molar-refractivity contribution in [2.75, 3.05) is 0 Å². The number of aryl methyl sites for hydroxylation is 1. The van der Waals surface area contributed by atoms with Gasteiger partial charge in [0.1, 0.15) is 6.33 Å². The summed E-state index contributed by atoms with van der Waals surface area (Å²) in [5.41, 5.74) is 5.98. The quantitative estimate of drug-likeness (QED) is 0.795. The van der Waals surface area contributed by atoms with Crippen molar-refractivity contribution in [1.82, 2.24) is 14.8 Å². The van der Waals surface area contributed by atoms with E-state index >= 15 is 0 Å². The highest BCUT2D eigenvalue weighted by atomic mass is 32.2. The van der Waals surface area contributed by atoms with Crippen LogP contribution in [-0.2, 0) is 7.05 Å². The molecule has 1 aromatic heterocycles. The van der Waals surface area contributed by atoms with Crippen LogP contribution in [0.3, 0.4) is 0 Å². The predicted octanol–water partition coefficient (Wildman–Crippen LogP) is 1.03. The topological polar surface area (TPSA) is 56.7 Å². The van der Waals surface area contributed by atoms with Crippen molar-refractivity contribution in [3.63, 3.8) is 0 Å². The van der Waals surface area contributed by atoms with Crippen molar-refractivity contribution in [3.8, 4) is 0 Å². The van der Waals surface area contributed by atoms with Crippen LogP contribution in [-0.4, -0.2) is 26.1 Å². The summed E-state index contributed by atoms with van der Waals surface area (Å²) in [7, 11) is 1.97. The molecule has 1 heterocycles. The fraction of sp³-hybridized carbons (Fsp3) is 0.778. The predicted molar refractivity (Wildman–Crippen MR) is 57.0 cm³/mol. The Morgan fingerprint density at radius 2 is 2.36 bits per heavy atom. The van der Waals surface area contributed by atoms with Gasteiger partial charge in [-0.25, -0.2) is 0 Å². The van der Waals surface area contributed by atoms with Gasteiger partial charge in [-0.15, -0.1) is 10.2 Å². The molecule has 3 unspecified atom stereocenters. The Morgan fingerprint density at radius 3 is 2.86 bits per heavy atom. The molecule has 0 saturated heterocycles. The highest BCUT2D eigenvalue weighted by Crippen LogP contribution is 2.36. The highest BCUT2D eigenvalue weighted by molar-refractivity contribution is 7.99. The van der Waals surface area contributed by atoms with E-state index in [0.717, 1.165) is 11.6 Å². The molecule has 4 nitrogen and oxygen atoms in total. The molecule has 14 heavy (non-hydrogen) atoms. The molecule has 0 aromatic carbocycles. The molecule has 1 aromatic rings. The van der Waals surface area contributed by atoms with E-state index in [9.17, 15) is 0 Å². The number of hydrogen-bond acceptors (Lipinski definition) is 4. The zero-order valence-corrected chi connectivity index (χ0v) is 9.37. The third-order valence-corrected chi connectivity index (χ3v) is 4.52. The average molecular weight is 212 g/mol. The van der Waals surface area contributed by atoms with Crippen LogP contribution < -0.4 is 5.73 Å². The standard InChI is InChI=1S/C9H16N4S/c1-6-7(10)3-4-8(6)14-9-12-11-5-13(9)2/h5-8H,3-4,10H2,1-2H3. The normalized spacial score (nSPS) is 32.4. The van der Waals surface area contributed by atoms with Gasteiger partial charge in [0, 0.05) is 18.3 Å². The first kappa shape index (κ1) is 9.98. The molecule has 0 aliphatic heterocycles. The second-order valence-corrected chi connectivity index (χ2v) is 5.19. The summed E-state index contributed by atoms with van der Waals surface area (Å²) in [5.74, 6) is 0.580. The van der Waals surface area contributed by atoms with Crippen LogP contribution in [0.1, 0.15) is 19.8 Å². The Labute approximate surface area is 88.3 Å². The van der Waals surface area contributed by atoms with Crippen LogP contribution >= 0.6 is 11.8 Å². The molecule has 3 atom stereocenters. The Bertz CT molecular complexity index is 312. The molecule has 0 bridgehead atoms. The summed E-state index contributed by atoms with van der Waals surface area (Å²) >= 11 is 1.81. The van der Waals surface area contributed by atoms with Crippen molar-refractivity contribution in [3.05, 3.63) is 6.33 Å². The SMILES string of the molecule is CC1C(N)CCC1Sc1nncn1C. The van der Waals surface area contributed by atoms with Crippen LogP contribution in [0, 0.1) is 5.92 Å². The van der Waals surface area contributed by atoms with Gasteiger partial charge in [0.25, 0.3) is 0 Å². The first-order valence-electron chi connectivity index (χ1n) is 4.94. The Balaban J connectivity index is 2.02. The minimum absolute atomic E-state index is 0.362. The van der Waals surface area contributed by atoms with Gasteiger partial charge in [0.05, 0.1) is 0 Å². The van der Waals surface area contributed by atoms with Crippen molar-refractivity contribution >= 4 is 11.8 Å². The Kier molecular flexibility index (Phi) is 2.78. The summed E-state index contributed by atoms with van der Waals surface area (Å²) in [6.07, 6.45) is 4.07. The summed E-state index contributed by atoms with van der Waals surface area (Å²) in [4.78, 5) is 0. The fourth-order valence-electron chi connectivity index (χ4n) is 1.84. The maximum atomic E-state index is 5.98. The monoisotopic (exact) mass is 212 g/mol. The minimum Gasteiger partial charge on any atom is -0.327 e. The zero-order chi connectivity index (χ0) is 10.1. The van der Waals surface area contributed by atoms with Gasteiger partial charge in [0.2, 0.25) is 0 Å². The maximum absolute atomic E-state index is 5.98. The van der Waals surface area contributed by atoms with Gasteiger partial charge in [-0.3, -0.25) is 0 Å². The molecule has 0 radical (unpaired) electrons. The van der Waals surface area contributed by atoms with Gasteiger partial charge < -0.3 is 10.3 Å². The van der Waals surface area contributed by atoms with Crippen LogP contribution in [0.5, 0.6) is 0 Å². The Hall–Kier alpha value is -0.550. The molecular weight excluding hydrogens is 196 g/mol. The van der Waals surface area contributed by atoms with Gasteiger partial charge in [-0.1, -0.05) is 18.7 Å². The van der Waals surface area contributed by atoms with Gasteiger partial charge >= 0.3 is 0 Å². The molecule has 1 aliphatic carbocycles. The number of rotatable bonds is 2. The molecule has 0 amide bonds. The molecule has 1 fully saturated rings. The third-order valence-electron chi connectivity index (χ3n) is 2.97. The molecule has 1 saturated carbocycles. The lowest BCUT2D eigenvalue weighted by atomic mass is 10.1. The lowest BCUT2D eigenvalue weighted by Gasteiger charge is -2.16. The largest absolute Gasteiger partial charge is 0.327 e. The van der Waals surface area contributed by atoms with E-state index in [2.05, 4.69) is 17.1 Å². The van der Waals surface area contributed by atoms with Crippen LogP contribution in [0.2, 0.25) is 0 Å². The highest BCUT2D eigenvalue weighted by Gasteiger charge is 2.31. The van der Waals surface area contributed by atoms with Crippen molar-refractivity contribution in [2.24, 2.45) is 18.7 Å². The second-order valence-electron chi connectivity index (χ2n) is 3.98. The number of aromatic nitrogens is 3. The van der Waals surface area contributed by atoms with Gasteiger partial charge in [0.15, 0.2) is 5.16 Å². The van der Waals surface area contributed by atoms with E-state index < -0.39 is 0 Å². The average Bonchev–Trinajstić information content (AvgIpc) is 2.68. The summed E-state index contributed by atoms with van der Waals surface area (Å²) < 4.78 is 1.96. The smallest absolute Gasteiger partial charge is 0.191 e. The summed E-state index contributed by atoms with van der Waals surface area (Å²) in [6.45, 7) is 2.23. The van der Waals surface area contributed by atoms with Gasteiger partial charge in [-0.05, 0) is 18.8 Å². The van der Waals surface area contributed by atoms with Crippen LogP contribution in [0.25, 0.3) is 0 Å². The van der Waals surface area contributed by atoms with E-state index in [4.69, 9.17) is 5.73 Å². The molecule has 78 valence electrons. The number of nitrogens with two attached hydrogens (primary N) is 1. The first-order chi connectivity index (χ1) is 6.68. The summed E-state index contributed by atoms with van der Waals surface area (Å²) in [5, 5.41) is 9.54. The first-order valence-corrected chi connectivity index (χ1v) is 5.82. The maximum Gasteiger partial charge on any atom is 0.191 e. The van der Waals surface area contributed by atoms with Crippen molar-refractivity contribution < 1.29 is 0 Å². The van der Waals surface area contributed by atoms with Gasteiger partial charge in [-0.2, -0.15) is 0 Å². The van der Waals surface area contributed by atoms with Crippen molar-refractivity contribution in [2.45, 2.75) is 36.2 Å². The number of nitrogens with zero attached hydrogens (tertiary/aromatic N) is 3. The molecule has 5 heteroatoms. The Morgan fingerprint density at radius 1 is 1.57 bits per heavy atom. The van der Waals surface area contributed by atoms with Crippen molar-refractivity contribution in [1.29, 1.82) is 0 Å². The van der Waals surface area contributed by atoms with E-state index in [1.54, 1.807) is 18.1 Å². The van der Waals surface area contributed by atoms with E-state index in [1.165, 1.54) is 6.42 Å². The molecule has 0 spiro atoms.